The molecule has 3 N–H and O–H groups in total. The molecule has 1 rings (SSSR count). The lowest BCUT2D eigenvalue weighted by atomic mass is 10.1. The van der Waals surface area contributed by atoms with Crippen molar-refractivity contribution in [2.24, 2.45) is 0 Å². The number of carboxylic acids is 1. The molecule has 0 fully saturated rings. The van der Waals surface area contributed by atoms with Gasteiger partial charge in [0.2, 0.25) is 15.9 Å². The number of methoxy groups -OCH3 is 1. The van der Waals surface area contributed by atoms with Crippen LogP contribution in [0.25, 0.3) is 0 Å². The number of para-hydroxylation sites is 1. The minimum absolute atomic E-state index is 0.135. The van der Waals surface area contributed by atoms with Crippen LogP contribution < -0.4 is 10.0 Å². The summed E-state index contributed by atoms with van der Waals surface area (Å²) in [6, 6.07) is 6.45. The quantitative estimate of drug-likeness (QED) is 0.522. The second-order valence-electron chi connectivity index (χ2n) is 4.76. The monoisotopic (exact) mass is 344 g/mol. The zero-order chi connectivity index (χ0) is 17.3. The Morgan fingerprint density at radius 3 is 2.61 bits per heavy atom. The average molecular weight is 344 g/mol. The van der Waals surface area contributed by atoms with Gasteiger partial charge in [-0.25, -0.2) is 13.1 Å². The Balaban J connectivity index is 2.56. The van der Waals surface area contributed by atoms with Crippen molar-refractivity contribution in [1.29, 1.82) is 0 Å². The molecule has 1 aromatic carbocycles. The SMILES string of the molecule is COCCCS(=O)(=O)NCC(=O)Nc1ccccc1CC(=O)O. The molecule has 0 aliphatic heterocycles. The van der Waals surface area contributed by atoms with Gasteiger partial charge < -0.3 is 15.2 Å². The first-order valence-electron chi connectivity index (χ1n) is 6.90. The molecule has 8 nitrogen and oxygen atoms in total. The van der Waals surface area contributed by atoms with Gasteiger partial charge in [0.05, 0.1) is 18.7 Å². The van der Waals surface area contributed by atoms with Crippen molar-refractivity contribution in [2.45, 2.75) is 12.8 Å². The lowest BCUT2D eigenvalue weighted by Gasteiger charge is -2.10. The number of rotatable bonds is 10. The maximum absolute atomic E-state index is 11.8. The summed E-state index contributed by atoms with van der Waals surface area (Å²) in [5.41, 5.74) is 0.787. The summed E-state index contributed by atoms with van der Waals surface area (Å²) < 4.78 is 30.3. The van der Waals surface area contributed by atoms with Gasteiger partial charge >= 0.3 is 5.97 Å². The minimum atomic E-state index is -3.56. The van der Waals surface area contributed by atoms with Crippen LogP contribution in [0.1, 0.15) is 12.0 Å². The van der Waals surface area contributed by atoms with Crippen LogP contribution in [0.5, 0.6) is 0 Å². The maximum atomic E-state index is 11.8. The smallest absolute Gasteiger partial charge is 0.307 e. The van der Waals surface area contributed by atoms with E-state index in [1.54, 1.807) is 24.3 Å². The van der Waals surface area contributed by atoms with Gasteiger partial charge in [-0.2, -0.15) is 0 Å². The molecule has 0 aliphatic carbocycles. The Morgan fingerprint density at radius 1 is 1.26 bits per heavy atom. The normalized spacial score (nSPS) is 11.2. The number of carbonyl (C=O) groups is 2. The van der Waals surface area contributed by atoms with E-state index in [9.17, 15) is 18.0 Å². The van der Waals surface area contributed by atoms with Crippen molar-refractivity contribution in [3.05, 3.63) is 29.8 Å². The zero-order valence-corrected chi connectivity index (χ0v) is 13.6. The number of hydrogen-bond donors (Lipinski definition) is 3. The predicted molar refractivity (Wildman–Crippen MR) is 84.7 cm³/mol. The summed E-state index contributed by atoms with van der Waals surface area (Å²) in [5, 5.41) is 11.3. The van der Waals surface area contributed by atoms with E-state index in [2.05, 4.69) is 10.0 Å². The van der Waals surface area contributed by atoms with E-state index in [0.29, 0.717) is 24.3 Å². The Morgan fingerprint density at radius 2 is 1.96 bits per heavy atom. The number of benzene rings is 1. The summed E-state index contributed by atoms with van der Waals surface area (Å²) >= 11 is 0. The van der Waals surface area contributed by atoms with Gasteiger partial charge in [0.15, 0.2) is 0 Å². The topological polar surface area (TPSA) is 122 Å². The van der Waals surface area contributed by atoms with Crippen molar-refractivity contribution in [1.82, 2.24) is 4.72 Å². The first-order chi connectivity index (χ1) is 10.8. The van der Waals surface area contributed by atoms with Crippen LogP contribution in [0.4, 0.5) is 5.69 Å². The van der Waals surface area contributed by atoms with Gasteiger partial charge in [-0.05, 0) is 18.1 Å². The summed E-state index contributed by atoms with van der Waals surface area (Å²) in [4.78, 5) is 22.6. The number of nitrogens with one attached hydrogen (secondary N) is 2. The molecule has 0 radical (unpaired) electrons. The van der Waals surface area contributed by atoms with E-state index < -0.39 is 28.4 Å². The number of hydrogen-bond acceptors (Lipinski definition) is 5. The van der Waals surface area contributed by atoms with E-state index >= 15 is 0 Å². The summed E-state index contributed by atoms with van der Waals surface area (Å²) in [6.45, 7) is -0.105. The number of anilines is 1. The number of aliphatic carboxylic acids is 1. The van der Waals surface area contributed by atoms with E-state index in [1.165, 1.54) is 7.11 Å². The van der Waals surface area contributed by atoms with Crippen molar-refractivity contribution in [3.8, 4) is 0 Å². The fourth-order valence-corrected chi connectivity index (χ4v) is 2.79. The van der Waals surface area contributed by atoms with E-state index in [1.807, 2.05) is 0 Å². The van der Waals surface area contributed by atoms with Crippen molar-refractivity contribution in [3.63, 3.8) is 0 Å². The van der Waals surface area contributed by atoms with Crippen LogP contribution in [0.15, 0.2) is 24.3 Å². The van der Waals surface area contributed by atoms with Crippen molar-refractivity contribution < 1.29 is 27.9 Å². The molecular weight excluding hydrogens is 324 g/mol. The summed E-state index contributed by atoms with van der Waals surface area (Å²) in [5.74, 6) is -1.73. The van der Waals surface area contributed by atoms with Crippen LogP contribution in [-0.4, -0.2) is 51.4 Å². The number of ether oxygens (including phenoxy) is 1. The Kier molecular flexibility index (Phi) is 7.66. The third-order valence-electron chi connectivity index (χ3n) is 2.85. The molecule has 128 valence electrons. The van der Waals surface area contributed by atoms with Gasteiger partial charge in [-0.3, -0.25) is 9.59 Å². The van der Waals surface area contributed by atoms with Crippen LogP contribution >= 0.6 is 0 Å². The lowest BCUT2D eigenvalue weighted by molar-refractivity contribution is -0.136. The number of carbonyl (C=O) groups excluding carboxylic acids is 1. The highest BCUT2D eigenvalue weighted by molar-refractivity contribution is 7.89. The van der Waals surface area contributed by atoms with E-state index in [0.717, 1.165) is 0 Å². The molecule has 9 heteroatoms. The second kappa shape index (κ2) is 9.23. The number of sulfonamides is 1. The lowest BCUT2D eigenvalue weighted by Crippen LogP contribution is -2.34. The zero-order valence-electron chi connectivity index (χ0n) is 12.7. The van der Waals surface area contributed by atoms with E-state index in [-0.39, 0.29) is 12.2 Å². The van der Waals surface area contributed by atoms with Crippen LogP contribution in [0.3, 0.4) is 0 Å². The standard InChI is InChI=1S/C14H20N2O6S/c1-22-7-4-8-23(20,21)15-10-13(17)16-12-6-3-2-5-11(12)9-14(18)19/h2-3,5-6,15H,4,7-10H2,1H3,(H,16,17)(H,18,19). The Hall–Kier alpha value is -1.97. The molecule has 0 bridgehead atoms. The van der Waals surface area contributed by atoms with Gasteiger partial charge in [0, 0.05) is 19.4 Å². The summed E-state index contributed by atoms with van der Waals surface area (Å²) in [6.07, 6.45) is 0.0914. The van der Waals surface area contributed by atoms with E-state index in [4.69, 9.17) is 9.84 Å². The molecule has 1 aromatic rings. The third-order valence-corrected chi connectivity index (χ3v) is 4.26. The maximum Gasteiger partial charge on any atom is 0.307 e. The molecule has 0 aromatic heterocycles. The highest BCUT2D eigenvalue weighted by Crippen LogP contribution is 2.15. The fourth-order valence-electron chi connectivity index (χ4n) is 1.79. The average Bonchev–Trinajstić information content (AvgIpc) is 2.47. The largest absolute Gasteiger partial charge is 0.481 e. The van der Waals surface area contributed by atoms with Gasteiger partial charge in [0.25, 0.3) is 0 Å². The van der Waals surface area contributed by atoms with Gasteiger partial charge in [-0.15, -0.1) is 0 Å². The molecule has 0 spiro atoms. The van der Waals surface area contributed by atoms with Crippen LogP contribution in [0, 0.1) is 0 Å². The molecule has 23 heavy (non-hydrogen) atoms. The molecule has 0 saturated heterocycles. The molecule has 0 saturated carbocycles. The Labute approximate surface area is 134 Å². The van der Waals surface area contributed by atoms with Gasteiger partial charge in [0.1, 0.15) is 0 Å². The van der Waals surface area contributed by atoms with Crippen molar-refractivity contribution >= 4 is 27.6 Å². The fraction of sp³-hybridized carbons (Fsp3) is 0.429. The summed E-state index contributed by atoms with van der Waals surface area (Å²) in [7, 11) is -2.08. The molecule has 0 aliphatic rings. The second-order valence-corrected chi connectivity index (χ2v) is 6.69. The first kappa shape index (κ1) is 19.1. The highest BCUT2D eigenvalue weighted by atomic mass is 32.2. The number of carboxylic acid groups (broad SMARTS) is 1. The van der Waals surface area contributed by atoms with Crippen molar-refractivity contribution in [2.75, 3.05) is 31.3 Å². The minimum Gasteiger partial charge on any atom is -0.481 e. The van der Waals surface area contributed by atoms with Crippen LogP contribution in [-0.2, 0) is 30.8 Å². The number of amides is 1. The molecule has 1 amide bonds. The predicted octanol–water partition coefficient (Wildman–Crippen LogP) is 0.208. The van der Waals surface area contributed by atoms with Crippen LogP contribution in [0.2, 0.25) is 0 Å². The molecule has 0 unspecified atom stereocenters. The highest BCUT2D eigenvalue weighted by Gasteiger charge is 2.13. The molecule has 0 heterocycles. The Bertz CT molecular complexity index is 644. The molecular formula is C14H20N2O6S. The first-order valence-corrected chi connectivity index (χ1v) is 8.55. The molecule has 0 atom stereocenters. The third kappa shape index (κ3) is 7.73. The van der Waals surface area contributed by atoms with Gasteiger partial charge in [-0.1, -0.05) is 18.2 Å².